The van der Waals surface area contributed by atoms with Crippen molar-refractivity contribution in [3.8, 4) is 11.5 Å². The minimum absolute atomic E-state index is 0.0954. The molecule has 1 amide bonds. The topological polar surface area (TPSA) is 142 Å². The van der Waals surface area contributed by atoms with E-state index in [1.54, 1.807) is 6.07 Å². The number of anilines is 2. The van der Waals surface area contributed by atoms with Gasteiger partial charge in [-0.25, -0.2) is 18.2 Å². The Labute approximate surface area is 251 Å². The summed E-state index contributed by atoms with van der Waals surface area (Å²) in [7, 11) is -2.18. The summed E-state index contributed by atoms with van der Waals surface area (Å²) < 4.78 is 32.3. The van der Waals surface area contributed by atoms with Crippen LogP contribution < -0.4 is 14.5 Å². The molecule has 1 aliphatic carbocycles. The Balaban J connectivity index is 1.56. The van der Waals surface area contributed by atoms with Gasteiger partial charge in [-0.1, -0.05) is 74.5 Å². The van der Waals surface area contributed by atoms with Gasteiger partial charge in [0.1, 0.15) is 17.7 Å². The second kappa shape index (κ2) is 12.4. The lowest BCUT2D eigenvalue weighted by atomic mass is 9.93. The molecule has 2 N–H and O–H groups in total. The summed E-state index contributed by atoms with van der Waals surface area (Å²) in [6.45, 7) is 5.43. The first-order valence-electron chi connectivity index (χ1n) is 14.1. The predicted octanol–water partition coefficient (Wildman–Crippen LogP) is 5.30. The van der Waals surface area contributed by atoms with E-state index in [2.05, 4.69) is 27.3 Å². The Morgan fingerprint density at radius 1 is 1.07 bits per heavy atom. The van der Waals surface area contributed by atoms with Crippen LogP contribution in [0.1, 0.15) is 49.2 Å². The van der Waals surface area contributed by atoms with Crippen LogP contribution in [0.25, 0.3) is 11.5 Å². The number of aromatic nitrogens is 3. The highest BCUT2D eigenvalue weighted by Gasteiger charge is 2.35. The minimum Gasteiger partial charge on any atom is -0.465 e. The molecule has 4 aromatic rings. The van der Waals surface area contributed by atoms with Crippen LogP contribution in [0.2, 0.25) is 0 Å². The Morgan fingerprint density at radius 2 is 1.70 bits per heavy atom. The van der Waals surface area contributed by atoms with Crippen molar-refractivity contribution in [2.75, 3.05) is 29.1 Å². The van der Waals surface area contributed by atoms with Gasteiger partial charge in [0.25, 0.3) is 0 Å². The van der Waals surface area contributed by atoms with Gasteiger partial charge in [-0.15, -0.1) is 10.2 Å². The normalized spacial score (nSPS) is 17.6. The predicted molar refractivity (Wildman–Crippen MR) is 164 cm³/mol. The van der Waals surface area contributed by atoms with Crippen LogP contribution in [0.5, 0.6) is 0 Å². The number of hydrogen-bond acceptors (Lipinski definition) is 8. The summed E-state index contributed by atoms with van der Waals surface area (Å²) >= 11 is 0. The van der Waals surface area contributed by atoms with E-state index in [9.17, 15) is 18.3 Å². The molecule has 1 saturated carbocycles. The monoisotopic (exact) mass is 604 g/mol. The second-order valence-electron chi connectivity index (χ2n) is 11.2. The molecule has 12 heteroatoms. The summed E-state index contributed by atoms with van der Waals surface area (Å²) in [6.07, 6.45) is 1.01. The van der Waals surface area contributed by atoms with Gasteiger partial charge in [-0.3, -0.25) is 4.31 Å². The van der Waals surface area contributed by atoms with Crippen molar-refractivity contribution in [2.45, 2.75) is 38.8 Å². The number of nitrogens with zero attached hydrogens (tertiary/aromatic N) is 5. The van der Waals surface area contributed by atoms with Crippen molar-refractivity contribution >= 4 is 27.8 Å². The third-order valence-corrected chi connectivity index (χ3v) is 9.13. The highest BCUT2D eigenvalue weighted by molar-refractivity contribution is 7.92. The fourth-order valence-electron chi connectivity index (χ4n) is 5.06. The van der Waals surface area contributed by atoms with Gasteiger partial charge in [0.05, 0.1) is 6.26 Å². The summed E-state index contributed by atoms with van der Waals surface area (Å²) in [5.41, 5.74) is 2.46. The standard InChI is InChI=1S/C31H36N6O5S/c1-20-15-25(20)19-37(18-22-11-7-5-8-12-22)27-17-24(16-26(32-27)36(3)43(4,40)41)29-34-35-30(42-29)28(33-31(38)39)21(2)23-13-9-6-10-14-23/h5-14,16-17,20-21,25,28,33H,15,18-19H2,1-4H3,(H,38,39)/t20?,21?,25?,28-/m1/s1. The Kier molecular flexibility index (Phi) is 8.67. The maximum Gasteiger partial charge on any atom is 0.405 e. The zero-order chi connectivity index (χ0) is 30.7. The lowest BCUT2D eigenvalue weighted by Crippen LogP contribution is -2.30. The Morgan fingerprint density at radius 3 is 2.30 bits per heavy atom. The van der Waals surface area contributed by atoms with Gasteiger partial charge in [0, 0.05) is 31.6 Å². The number of carbonyl (C=O) groups is 1. The average molecular weight is 605 g/mol. The van der Waals surface area contributed by atoms with Crippen molar-refractivity contribution in [1.82, 2.24) is 20.5 Å². The average Bonchev–Trinajstić information content (AvgIpc) is 3.46. The van der Waals surface area contributed by atoms with Gasteiger partial charge in [-0.05, 0) is 41.5 Å². The van der Waals surface area contributed by atoms with Gasteiger partial charge in [0.2, 0.25) is 21.8 Å². The van der Waals surface area contributed by atoms with Gasteiger partial charge < -0.3 is 19.7 Å². The molecule has 0 spiro atoms. The van der Waals surface area contributed by atoms with Crippen LogP contribution in [0, 0.1) is 11.8 Å². The molecule has 43 heavy (non-hydrogen) atoms. The fraction of sp³-hybridized carbons (Fsp3) is 0.355. The van der Waals surface area contributed by atoms with Crippen LogP contribution in [0.3, 0.4) is 0 Å². The maximum absolute atomic E-state index is 12.5. The lowest BCUT2D eigenvalue weighted by molar-refractivity contribution is 0.185. The first-order valence-corrected chi connectivity index (χ1v) is 16.0. The number of carboxylic acid groups (broad SMARTS) is 1. The van der Waals surface area contributed by atoms with Crippen molar-refractivity contribution < 1.29 is 22.7 Å². The highest BCUT2D eigenvalue weighted by atomic mass is 32.2. The molecule has 2 heterocycles. The summed E-state index contributed by atoms with van der Waals surface area (Å²) in [4.78, 5) is 18.6. The smallest absolute Gasteiger partial charge is 0.405 e. The zero-order valence-corrected chi connectivity index (χ0v) is 25.4. The molecule has 11 nitrogen and oxygen atoms in total. The van der Waals surface area contributed by atoms with Crippen LogP contribution in [0.4, 0.5) is 16.4 Å². The largest absolute Gasteiger partial charge is 0.465 e. The molecule has 0 radical (unpaired) electrons. The molecule has 3 unspecified atom stereocenters. The number of hydrogen-bond donors (Lipinski definition) is 2. The van der Waals surface area contributed by atoms with Gasteiger partial charge in [-0.2, -0.15) is 0 Å². The van der Waals surface area contributed by atoms with Crippen molar-refractivity contribution in [1.29, 1.82) is 0 Å². The SMILES string of the molecule is CC1CC1CN(Cc1ccccc1)c1cc(-c2nnc([C@H](NC(=O)O)C(C)c3ccccc3)o2)cc(N(C)S(C)(=O)=O)n1. The van der Waals surface area contributed by atoms with E-state index in [1.807, 2.05) is 73.7 Å². The third kappa shape index (κ3) is 7.31. The molecule has 2 aromatic carbocycles. The molecule has 2 aromatic heterocycles. The van der Waals surface area contributed by atoms with Crippen LogP contribution in [-0.4, -0.2) is 54.6 Å². The Bertz CT molecular complexity index is 1660. The van der Waals surface area contributed by atoms with Gasteiger partial charge >= 0.3 is 6.09 Å². The number of amides is 1. The molecule has 0 saturated heterocycles. The summed E-state index contributed by atoms with van der Waals surface area (Å²) in [5, 5.41) is 20.6. The Hall–Kier alpha value is -4.45. The van der Waals surface area contributed by atoms with Crippen molar-refractivity contribution in [3.63, 3.8) is 0 Å². The molecular weight excluding hydrogens is 568 g/mol. The minimum atomic E-state index is -3.63. The number of pyridine rings is 1. The molecule has 0 aliphatic heterocycles. The first kappa shape index (κ1) is 30.0. The number of rotatable bonds is 12. The maximum atomic E-state index is 12.5. The first-order chi connectivity index (χ1) is 20.5. The molecule has 0 bridgehead atoms. The van der Waals surface area contributed by atoms with E-state index in [4.69, 9.17) is 9.40 Å². The van der Waals surface area contributed by atoms with E-state index in [-0.39, 0.29) is 23.5 Å². The van der Waals surface area contributed by atoms with E-state index in [1.165, 1.54) is 7.05 Å². The van der Waals surface area contributed by atoms with E-state index in [0.29, 0.717) is 29.8 Å². The van der Waals surface area contributed by atoms with E-state index in [0.717, 1.165) is 34.7 Å². The summed E-state index contributed by atoms with van der Waals surface area (Å²) in [5.74, 6) is 1.79. The number of sulfonamides is 1. The van der Waals surface area contributed by atoms with Gasteiger partial charge in [0.15, 0.2) is 0 Å². The van der Waals surface area contributed by atoms with Crippen molar-refractivity contribution in [2.24, 2.45) is 11.8 Å². The lowest BCUT2D eigenvalue weighted by Gasteiger charge is -2.26. The van der Waals surface area contributed by atoms with Crippen LogP contribution in [-0.2, 0) is 16.6 Å². The van der Waals surface area contributed by atoms with E-state index < -0.39 is 22.2 Å². The highest BCUT2D eigenvalue weighted by Crippen LogP contribution is 2.40. The quantitative estimate of drug-likeness (QED) is 0.220. The van der Waals surface area contributed by atoms with Crippen LogP contribution >= 0.6 is 0 Å². The fourth-order valence-corrected chi connectivity index (χ4v) is 5.49. The molecular formula is C31H36N6O5S. The molecule has 1 aliphatic rings. The second-order valence-corrected chi connectivity index (χ2v) is 13.2. The molecule has 5 rings (SSSR count). The van der Waals surface area contributed by atoms with Crippen LogP contribution in [0.15, 0.2) is 77.2 Å². The zero-order valence-electron chi connectivity index (χ0n) is 24.6. The molecule has 1 fully saturated rings. The number of benzene rings is 2. The van der Waals surface area contributed by atoms with E-state index >= 15 is 0 Å². The van der Waals surface area contributed by atoms with Crippen molar-refractivity contribution in [3.05, 3.63) is 89.8 Å². The molecule has 4 atom stereocenters. The molecule has 226 valence electrons. The summed E-state index contributed by atoms with van der Waals surface area (Å²) in [6, 6.07) is 22.1. The number of nitrogens with one attached hydrogen (secondary N) is 1. The third-order valence-electron chi connectivity index (χ3n) is 7.95.